The van der Waals surface area contributed by atoms with Crippen molar-refractivity contribution in [2.75, 3.05) is 0 Å². The molecule has 0 unspecified atom stereocenters. The van der Waals surface area contributed by atoms with E-state index < -0.39 is 29.0 Å². The molecule has 0 aliphatic heterocycles. The molecular weight excluding hydrogens is 269 g/mol. The highest BCUT2D eigenvalue weighted by molar-refractivity contribution is 5.97. The van der Waals surface area contributed by atoms with Gasteiger partial charge in [-0.25, -0.2) is 9.18 Å². The third-order valence-electron chi connectivity index (χ3n) is 2.51. The zero-order valence-corrected chi connectivity index (χ0v) is 10.1. The van der Waals surface area contributed by atoms with Crippen LogP contribution in [0.5, 0.6) is 5.75 Å². The van der Waals surface area contributed by atoms with Gasteiger partial charge in [0.25, 0.3) is 5.91 Å². The molecule has 2 aromatic rings. The van der Waals surface area contributed by atoms with E-state index in [1.807, 2.05) is 0 Å². The summed E-state index contributed by atoms with van der Waals surface area (Å²) in [6.45, 7) is -0.125. The second-order valence-electron chi connectivity index (χ2n) is 3.89. The van der Waals surface area contributed by atoms with Gasteiger partial charge in [0.05, 0.1) is 6.54 Å². The Kier molecular flexibility index (Phi) is 3.69. The lowest BCUT2D eigenvalue weighted by atomic mass is 10.1. The number of carbonyl (C=O) groups excluding carboxylic acids is 1. The van der Waals surface area contributed by atoms with Gasteiger partial charge in [-0.1, -0.05) is 6.07 Å². The predicted octanol–water partition coefficient (Wildman–Crippen LogP) is 1.75. The molecule has 1 amide bonds. The zero-order chi connectivity index (χ0) is 14.7. The molecular formula is C13H10FNO5. The van der Waals surface area contributed by atoms with Crippen LogP contribution < -0.4 is 5.32 Å². The molecule has 0 atom stereocenters. The first kappa shape index (κ1) is 13.6. The highest BCUT2D eigenvalue weighted by Crippen LogP contribution is 2.19. The molecule has 0 aliphatic rings. The van der Waals surface area contributed by atoms with E-state index in [0.29, 0.717) is 0 Å². The topological polar surface area (TPSA) is 99.8 Å². The molecule has 0 saturated heterocycles. The fraction of sp³-hybridized carbons (Fsp3) is 0.0769. The molecule has 104 valence electrons. The molecule has 0 radical (unpaired) electrons. The summed E-state index contributed by atoms with van der Waals surface area (Å²) in [5.74, 6) is -3.45. The standard InChI is InChI=1S/C13H10FNO5/c14-8-2-1-3-9(16)11(8)12(17)15-6-7-4-5-10(20-7)13(18)19/h1-5,16H,6H2,(H,15,17)(H,18,19). The van der Waals surface area contributed by atoms with Crippen molar-refractivity contribution in [2.45, 2.75) is 6.54 Å². The highest BCUT2D eigenvalue weighted by Gasteiger charge is 2.17. The Morgan fingerprint density at radius 3 is 2.60 bits per heavy atom. The van der Waals surface area contributed by atoms with Gasteiger partial charge < -0.3 is 19.9 Å². The number of benzene rings is 1. The largest absolute Gasteiger partial charge is 0.507 e. The van der Waals surface area contributed by atoms with E-state index in [9.17, 15) is 19.1 Å². The number of halogens is 1. The zero-order valence-electron chi connectivity index (χ0n) is 10.1. The SMILES string of the molecule is O=C(O)c1ccc(CNC(=O)c2c(O)cccc2F)o1. The van der Waals surface area contributed by atoms with Crippen molar-refractivity contribution >= 4 is 11.9 Å². The number of hydrogen-bond acceptors (Lipinski definition) is 4. The first-order valence-electron chi connectivity index (χ1n) is 5.56. The number of amides is 1. The quantitative estimate of drug-likeness (QED) is 0.791. The van der Waals surface area contributed by atoms with E-state index in [4.69, 9.17) is 9.52 Å². The van der Waals surface area contributed by atoms with Crippen LogP contribution in [0.15, 0.2) is 34.7 Å². The molecule has 0 bridgehead atoms. The third kappa shape index (κ3) is 2.77. The van der Waals surface area contributed by atoms with Gasteiger partial charge in [0.2, 0.25) is 5.76 Å². The number of furan rings is 1. The fourth-order valence-electron chi connectivity index (χ4n) is 1.58. The number of phenols is 1. The Bertz CT molecular complexity index is 644. The normalized spacial score (nSPS) is 10.2. The van der Waals surface area contributed by atoms with Gasteiger partial charge >= 0.3 is 5.97 Å². The van der Waals surface area contributed by atoms with Crippen molar-refractivity contribution in [1.82, 2.24) is 5.32 Å². The first-order chi connectivity index (χ1) is 9.49. The van der Waals surface area contributed by atoms with Gasteiger partial charge in [0.15, 0.2) is 0 Å². The Morgan fingerprint density at radius 2 is 2.00 bits per heavy atom. The number of carbonyl (C=O) groups is 2. The summed E-state index contributed by atoms with van der Waals surface area (Å²) < 4.78 is 18.3. The molecule has 1 heterocycles. The number of carboxylic acids is 1. The molecule has 6 nitrogen and oxygen atoms in total. The molecule has 7 heteroatoms. The Balaban J connectivity index is 2.07. The summed E-state index contributed by atoms with van der Waals surface area (Å²) in [6.07, 6.45) is 0. The van der Waals surface area contributed by atoms with Crippen LogP contribution in [0.2, 0.25) is 0 Å². The fourth-order valence-corrected chi connectivity index (χ4v) is 1.58. The molecule has 0 aliphatic carbocycles. The molecule has 20 heavy (non-hydrogen) atoms. The summed E-state index contributed by atoms with van der Waals surface area (Å²) in [7, 11) is 0. The van der Waals surface area contributed by atoms with Gasteiger partial charge in [-0.05, 0) is 24.3 Å². The number of hydrogen-bond donors (Lipinski definition) is 3. The maximum Gasteiger partial charge on any atom is 0.371 e. The van der Waals surface area contributed by atoms with E-state index in [2.05, 4.69) is 5.32 Å². The van der Waals surface area contributed by atoms with Crippen LogP contribution in [0.1, 0.15) is 26.7 Å². The van der Waals surface area contributed by atoms with Crippen molar-refractivity contribution in [3.63, 3.8) is 0 Å². The lowest BCUT2D eigenvalue weighted by molar-refractivity contribution is 0.0660. The van der Waals surface area contributed by atoms with Crippen LogP contribution >= 0.6 is 0 Å². The molecule has 0 fully saturated rings. The van der Waals surface area contributed by atoms with Crippen molar-refractivity contribution in [1.29, 1.82) is 0 Å². The number of aromatic carboxylic acids is 1. The number of phenolic OH excluding ortho intramolecular Hbond substituents is 1. The van der Waals surface area contributed by atoms with Crippen LogP contribution in [-0.4, -0.2) is 22.1 Å². The van der Waals surface area contributed by atoms with Gasteiger partial charge in [-0.3, -0.25) is 4.79 Å². The Morgan fingerprint density at radius 1 is 1.25 bits per heavy atom. The second-order valence-corrected chi connectivity index (χ2v) is 3.89. The minimum atomic E-state index is -1.23. The summed E-state index contributed by atoms with van der Waals surface area (Å²) in [6, 6.07) is 6.12. The van der Waals surface area contributed by atoms with Crippen LogP contribution in [0.3, 0.4) is 0 Å². The minimum Gasteiger partial charge on any atom is -0.507 e. The maximum absolute atomic E-state index is 13.4. The van der Waals surface area contributed by atoms with E-state index in [1.54, 1.807) is 0 Å². The van der Waals surface area contributed by atoms with Crippen molar-refractivity contribution in [3.8, 4) is 5.75 Å². The molecule has 0 saturated carbocycles. The highest BCUT2D eigenvalue weighted by atomic mass is 19.1. The molecule has 0 spiro atoms. The lowest BCUT2D eigenvalue weighted by Gasteiger charge is -2.06. The summed E-state index contributed by atoms with van der Waals surface area (Å²) >= 11 is 0. The van der Waals surface area contributed by atoms with Gasteiger partial charge in [-0.15, -0.1) is 0 Å². The minimum absolute atomic E-state index is 0.125. The molecule has 3 N–H and O–H groups in total. The van der Waals surface area contributed by atoms with Gasteiger partial charge in [0.1, 0.15) is 22.9 Å². The van der Waals surface area contributed by atoms with Gasteiger partial charge in [0, 0.05) is 0 Å². The Labute approximate surface area is 112 Å². The van der Waals surface area contributed by atoms with E-state index in [-0.39, 0.29) is 18.1 Å². The van der Waals surface area contributed by atoms with E-state index in [1.165, 1.54) is 24.3 Å². The number of carboxylic acid groups (broad SMARTS) is 1. The second kappa shape index (κ2) is 5.43. The molecule has 2 rings (SSSR count). The summed E-state index contributed by atoms with van der Waals surface area (Å²) in [5.41, 5.74) is -0.475. The number of nitrogens with one attached hydrogen (secondary N) is 1. The van der Waals surface area contributed by atoms with Crippen LogP contribution in [-0.2, 0) is 6.54 Å². The van der Waals surface area contributed by atoms with Gasteiger partial charge in [-0.2, -0.15) is 0 Å². The average molecular weight is 279 g/mol. The summed E-state index contributed by atoms with van der Waals surface area (Å²) in [4.78, 5) is 22.3. The van der Waals surface area contributed by atoms with Crippen molar-refractivity contribution in [3.05, 3.63) is 53.2 Å². The van der Waals surface area contributed by atoms with Crippen LogP contribution in [0.4, 0.5) is 4.39 Å². The first-order valence-corrected chi connectivity index (χ1v) is 5.56. The lowest BCUT2D eigenvalue weighted by Crippen LogP contribution is -2.23. The molecule has 1 aromatic heterocycles. The maximum atomic E-state index is 13.4. The smallest absolute Gasteiger partial charge is 0.371 e. The van der Waals surface area contributed by atoms with E-state index in [0.717, 1.165) is 6.07 Å². The van der Waals surface area contributed by atoms with Crippen LogP contribution in [0, 0.1) is 5.82 Å². The van der Waals surface area contributed by atoms with E-state index >= 15 is 0 Å². The van der Waals surface area contributed by atoms with Crippen LogP contribution in [0.25, 0.3) is 0 Å². The molecule has 1 aromatic carbocycles. The number of rotatable bonds is 4. The summed E-state index contributed by atoms with van der Waals surface area (Å²) in [5, 5.41) is 20.4. The average Bonchev–Trinajstić information content (AvgIpc) is 2.85. The predicted molar refractivity (Wildman–Crippen MR) is 64.9 cm³/mol. The number of aromatic hydroxyl groups is 1. The van der Waals surface area contributed by atoms with Crippen molar-refractivity contribution < 1.29 is 28.6 Å². The monoisotopic (exact) mass is 279 g/mol. The van der Waals surface area contributed by atoms with Crippen molar-refractivity contribution in [2.24, 2.45) is 0 Å². The Hall–Kier alpha value is -2.83. The third-order valence-corrected chi connectivity index (χ3v) is 2.51.